The van der Waals surface area contributed by atoms with Crippen molar-refractivity contribution in [3.05, 3.63) is 29.8 Å². The van der Waals surface area contributed by atoms with Gasteiger partial charge in [-0.15, -0.1) is 0 Å². The smallest absolute Gasteiger partial charge is 0.226 e. The summed E-state index contributed by atoms with van der Waals surface area (Å²) in [4.78, 5) is 11.6. The number of ether oxygens (including phenoxy) is 1. The first kappa shape index (κ1) is 14.7. The molecule has 0 bridgehead atoms. The van der Waals surface area contributed by atoms with E-state index in [0.717, 1.165) is 12.0 Å². The Morgan fingerprint density at radius 2 is 2.22 bits per heavy atom. The third-order valence-electron chi connectivity index (χ3n) is 2.47. The Morgan fingerprint density at radius 3 is 2.89 bits per heavy atom. The predicted octanol–water partition coefficient (Wildman–Crippen LogP) is 2.50. The summed E-state index contributed by atoms with van der Waals surface area (Å²) in [6.45, 7) is 4.85. The average molecular weight is 251 g/mol. The highest BCUT2D eigenvalue weighted by Crippen LogP contribution is 2.17. The summed E-state index contributed by atoms with van der Waals surface area (Å²) in [5.41, 5.74) is 1.49. The largest absolute Gasteiger partial charge is 0.389 e. The van der Waals surface area contributed by atoms with Crippen molar-refractivity contribution < 1.29 is 14.6 Å². The number of anilines is 1. The summed E-state index contributed by atoms with van der Waals surface area (Å²) in [6.07, 6.45) is 0.770. The average Bonchev–Trinajstić information content (AvgIpc) is 2.35. The third-order valence-corrected chi connectivity index (χ3v) is 2.47. The molecule has 0 aliphatic heterocycles. The van der Waals surface area contributed by atoms with Gasteiger partial charge in [0.2, 0.25) is 5.91 Å². The fourth-order valence-electron chi connectivity index (χ4n) is 1.51. The van der Waals surface area contributed by atoms with Crippen molar-refractivity contribution in [2.45, 2.75) is 32.8 Å². The van der Waals surface area contributed by atoms with E-state index >= 15 is 0 Å². The minimum Gasteiger partial charge on any atom is -0.389 e. The molecule has 1 amide bonds. The van der Waals surface area contributed by atoms with Crippen molar-refractivity contribution in [3.63, 3.8) is 0 Å². The van der Waals surface area contributed by atoms with Crippen LogP contribution in [0.2, 0.25) is 0 Å². The second kappa shape index (κ2) is 7.84. The molecule has 0 radical (unpaired) electrons. The number of nitrogens with one attached hydrogen (secondary N) is 1. The first-order chi connectivity index (χ1) is 8.63. The molecule has 4 heteroatoms. The Labute approximate surface area is 108 Å². The Morgan fingerprint density at radius 1 is 1.44 bits per heavy atom. The summed E-state index contributed by atoms with van der Waals surface area (Å²) >= 11 is 0. The van der Waals surface area contributed by atoms with E-state index in [2.05, 4.69) is 5.32 Å². The van der Waals surface area contributed by atoms with Crippen LogP contribution in [0.25, 0.3) is 0 Å². The normalized spacial score (nSPS) is 12.2. The second-order valence-electron chi connectivity index (χ2n) is 4.21. The lowest BCUT2D eigenvalue weighted by Crippen LogP contribution is -2.14. The molecule has 1 aromatic rings. The molecule has 0 spiro atoms. The second-order valence-corrected chi connectivity index (χ2v) is 4.21. The van der Waals surface area contributed by atoms with Gasteiger partial charge < -0.3 is 15.2 Å². The van der Waals surface area contributed by atoms with Gasteiger partial charge in [-0.25, -0.2) is 0 Å². The van der Waals surface area contributed by atoms with Crippen molar-refractivity contribution >= 4 is 11.6 Å². The highest BCUT2D eigenvalue weighted by molar-refractivity contribution is 5.90. The maximum Gasteiger partial charge on any atom is 0.226 e. The van der Waals surface area contributed by atoms with Crippen molar-refractivity contribution in [1.29, 1.82) is 0 Å². The number of hydrogen-bond donors (Lipinski definition) is 2. The Kier molecular flexibility index (Phi) is 6.39. The van der Waals surface area contributed by atoms with Crippen LogP contribution in [0, 0.1) is 0 Å². The lowest BCUT2D eigenvalue weighted by Gasteiger charge is -2.09. The number of aliphatic hydroxyl groups is 1. The SMILES string of the molecule is CCCOCCC(=O)Nc1cccc(C(C)O)c1. The van der Waals surface area contributed by atoms with Crippen LogP contribution in [-0.2, 0) is 9.53 Å². The molecular weight excluding hydrogens is 230 g/mol. The summed E-state index contributed by atoms with van der Waals surface area (Å²) in [5, 5.41) is 12.2. The van der Waals surface area contributed by atoms with Crippen molar-refractivity contribution in [1.82, 2.24) is 0 Å². The summed E-state index contributed by atoms with van der Waals surface area (Å²) < 4.78 is 5.25. The summed E-state index contributed by atoms with van der Waals surface area (Å²) in [6, 6.07) is 7.21. The molecular formula is C14H21NO3. The zero-order chi connectivity index (χ0) is 13.4. The minimum atomic E-state index is -0.533. The molecule has 2 N–H and O–H groups in total. The fourth-order valence-corrected chi connectivity index (χ4v) is 1.51. The van der Waals surface area contributed by atoms with Crippen LogP contribution < -0.4 is 5.32 Å². The molecule has 0 saturated heterocycles. The Bertz CT molecular complexity index is 377. The van der Waals surface area contributed by atoms with Crippen LogP contribution >= 0.6 is 0 Å². The molecule has 0 aliphatic rings. The van der Waals surface area contributed by atoms with Gasteiger partial charge in [0.05, 0.1) is 19.1 Å². The van der Waals surface area contributed by atoms with Gasteiger partial charge in [0.15, 0.2) is 0 Å². The van der Waals surface area contributed by atoms with E-state index in [1.54, 1.807) is 19.1 Å². The number of carbonyl (C=O) groups excluding carboxylic acids is 1. The van der Waals surface area contributed by atoms with E-state index in [1.165, 1.54) is 0 Å². The van der Waals surface area contributed by atoms with Gasteiger partial charge in [-0.2, -0.15) is 0 Å². The summed E-state index contributed by atoms with van der Waals surface area (Å²) in [7, 11) is 0. The van der Waals surface area contributed by atoms with Crippen molar-refractivity contribution in [2.75, 3.05) is 18.5 Å². The van der Waals surface area contributed by atoms with E-state index in [0.29, 0.717) is 25.3 Å². The van der Waals surface area contributed by atoms with Gasteiger partial charge in [-0.3, -0.25) is 4.79 Å². The van der Waals surface area contributed by atoms with Crippen molar-refractivity contribution in [3.8, 4) is 0 Å². The standard InChI is InChI=1S/C14H21NO3/c1-3-8-18-9-7-14(17)15-13-6-4-5-12(10-13)11(2)16/h4-6,10-11,16H,3,7-9H2,1-2H3,(H,15,17). The number of benzene rings is 1. The molecule has 100 valence electrons. The van der Waals surface area contributed by atoms with Crippen LogP contribution in [0.1, 0.15) is 38.4 Å². The molecule has 1 atom stereocenters. The molecule has 0 fully saturated rings. The maximum absolute atomic E-state index is 11.6. The highest BCUT2D eigenvalue weighted by atomic mass is 16.5. The number of amides is 1. The van der Waals surface area contributed by atoms with E-state index < -0.39 is 6.10 Å². The predicted molar refractivity (Wildman–Crippen MR) is 71.4 cm³/mol. The number of aliphatic hydroxyl groups excluding tert-OH is 1. The molecule has 0 aliphatic carbocycles. The topological polar surface area (TPSA) is 58.6 Å². The molecule has 18 heavy (non-hydrogen) atoms. The van der Waals surface area contributed by atoms with Crippen LogP contribution in [0.15, 0.2) is 24.3 Å². The van der Waals surface area contributed by atoms with Gasteiger partial charge >= 0.3 is 0 Å². The minimum absolute atomic E-state index is 0.0751. The monoisotopic (exact) mass is 251 g/mol. The van der Waals surface area contributed by atoms with Gasteiger partial charge in [-0.05, 0) is 31.0 Å². The highest BCUT2D eigenvalue weighted by Gasteiger charge is 2.05. The van der Waals surface area contributed by atoms with Gasteiger partial charge in [0.25, 0.3) is 0 Å². The van der Waals surface area contributed by atoms with E-state index in [1.807, 2.05) is 19.1 Å². The van der Waals surface area contributed by atoms with E-state index in [4.69, 9.17) is 4.74 Å². The van der Waals surface area contributed by atoms with Crippen LogP contribution in [0.3, 0.4) is 0 Å². The first-order valence-corrected chi connectivity index (χ1v) is 6.29. The van der Waals surface area contributed by atoms with Gasteiger partial charge in [-0.1, -0.05) is 19.1 Å². The van der Waals surface area contributed by atoms with Gasteiger partial charge in [0, 0.05) is 12.3 Å². The third kappa shape index (κ3) is 5.29. The number of rotatable bonds is 7. The lowest BCUT2D eigenvalue weighted by atomic mass is 10.1. The molecule has 0 aromatic heterocycles. The number of carbonyl (C=O) groups is 1. The summed E-state index contributed by atoms with van der Waals surface area (Å²) in [5.74, 6) is -0.0751. The Balaban J connectivity index is 2.41. The maximum atomic E-state index is 11.6. The van der Waals surface area contributed by atoms with Crippen LogP contribution in [0.4, 0.5) is 5.69 Å². The van der Waals surface area contributed by atoms with E-state index in [9.17, 15) is 9.90 Å². The molecule has 1 rings (SSSR count). The van der Waals surface area contributed by atoms with Crippen LogP contribution in [0.5, 0.6) is 0 Å². The van der Waals surface area contributed by atoms with E-state index in [-0.39, 0.29) is 5.91 Å². The molecule has 0 heterocycles. The van der Waals surface area contributed by atoms with Crippen molar-refractivity contribution in [2.24, 2.45) is 0 Å². The first-order valence-electron chi connectivity index (χ1n) is 6.29. The Hall–Kier alpha value is -1.39. The zero-order valence-corrected chi connectivity index (χ0v) is 11.0. The fraction of sp³-hybridized carbons (Fsp3) is 0.500. The lowest BCUT2D eigenvalue weighted by molar-refractivity contribution is -0.117. The molecule has 1 aromatic carbocycles. The van der Waals surface area contributed by atoms with Gasteiger partial charge in [0.1, 0.15) is 0 Å². The molecule has 0 saturated carbocycles. The molecule has 4 nitrogen and oxygen atoms in total. The molecule has 1 unspecified atom stereocenters. The quantitative estimate of drug-likeness (QED) is 0.732. The zero-order valence-electron chi connectivity index (χ0n) is 11.0. The number of hydrogen-bond acceptors (Lipinski definition) is 3. The van der Waals surface area contributed by atoms with Crippen LogP contribution in [-0.4, -0.2) is 24.2 Å².